The Morgan fingerprint density at radius 1 is 1.29 bits per heavy atom. The third-order valence-corrected chi connectivity index (χ3v) is 5.31. The number of nitrogens with one attached hydrogen (secondary N) is 1. The second kappa shape index (κ2) is 7.84. The summed E-state index contributed by atoms with van der Waals surface area (Å²) in [5.41, 5.74) is 4.17. The molecule has 1 unspecified atom stereocenters. The monoisotopic (exact) mass is 376 g/mol. The van der Waals surface area contributed by atoms with E-state index in [1.165, 1.54) is 0 Å². The summed E-state index contributed by atoms with van der Waals surface area (Å²) in [5, 5.41) is 6.86. The van der Waals surface area contributed by atoms with Crippen molar-refractivity contribution in [2.24, 2.45) is 5.92 Å². The fraction of sp³-hybridized carbons (Fsp3) is 0.318. The maximum atomic E-state index is 13.0. The Bertz CT molecular complexity index is 968. The highest BCUT2D eigenvalue weighted by atomic mass is 16.5. The first kappa shape index (κ1) is 18.2. The summed E-state index contributed by atoms with van der Waals surface area (Å²) in [4.78, 5) is 19.6. The average Bonchev–Trinajstić information content (AvgIpc) is 3.38. The van der Waals surface area contributed by atoms with Gasteiger partial charge in [0.1, 0.15) is 11.6 Å². The van der Waals surface area contributed by atoms with Crippen LogP contribution in [0.4, 0.5) is 5.82 Å². The fourth-order valence-electron chi connectivity index (χ4n) is 3.81. The third kappa shape index (κ3) is 3.50. The molecule has 1 N–H and O–H groups in total. The number of carbonyl (C=O) groups is 1. The number of carbonyl (C=O) groups excluding carboxylic acids is 1. The molecule has 144 valence electrons. The van der Waals surface area contributed by atoms with Crippen LogP contribution in [0.1, 0.15) is 24.6 Å². The van der Waals surface area contributed by atoms with Crippen LogP contribution in [0, 0.1) is 5.92 Å². The van der Waals surface area contributed by atoms with Crippen LogP contribution in [0.2, 0.25) is 0 Å². The first-order valence-corrected chi connectivity index (χ1v) is 9.63. The van der Waals surface area contributed by atoms with Gasteiger partial charge in [-0.3, -0.25) is 14.8 Å². The van der Waals surface area contributed by atoms with Crippen LogP contribution in [-0.2, 0) is 17.6 Å². The summed E-state index contributed by atoms with van der Waals surface area (Å²) >= 11 is 0. The molecule has 0 saturated carbocycles. The number of rotatable bonds is 6. The minimum absolute atomic E-state index is 0.0208. The van der Waals surface area contributed by atoms with Crippen LogP contribution < -0.4 is 9.64 Å². The molecule has 4 rings (SSSR count). The Hall–Kier alpha value is -3.15. The smallest absolute Gasteiger partial charge is 0.231 e. The average molecular weight is 376 g/mol. The largest absolute Gasteiger partial charge is 0.497 e. The molecule has 6 heteroatoms. The van der Waals surface area contributed by atoms with Crippen LogP contribution in [0.3, 0.4) is 0 Å². The summed E-state index contributed by atoms with van der Waals surface area (Å²) in [5.74, 6) is 1.69. The van der Waals surface area contributed by atoms with Crippen molar-refractivity contribution in [1.82, 2.24) is 15.2 Å². The molecule has 1 saturated heterocycles. The number of hydrogen-bond donors (Lipinski definition) is 1. The second-order valence-electron chi connectivity index (χ2n) is 7.04. The lowest BCUT2D eigenvalue weighted by molar-refractivity contribution is -0.120. The highest BCUT2D eigenvalue weighted by molar-refractivity contribution is 5.96. The van der Waals surface area contributed by atoms with E-state index in [9.17, 15) is 4.79 Å². The number of amides is 1. The molecule has 6 nitrogen and oxygen atoms in total. The Labute approximate surface area is 164 Å². The van der Waals surface area contributed by atoms with Crippen molar-refractivity contribution < 1.29 is 9.53 Å². The zero-order valence-electron chi connectivity index (χ0n) is 16.2. The van der Waals surface area contributed by atoms with Gasteiger partial charge in [0.25, 0.3) is 0 Å². The maximum absolute atomic E-state index is 13.0. The summed E-state index contributed by atoms with van der Waals surface area (Å²) in [6.45, 7) is 2.78. The van der Waals surface area contributed by atoms with E-state index in [1.807, 2.05) is 47.5 Å². The van der Waals surface area contributed by atoms with E-state index in [2.05, 4.69) is 17.1 Å². The molecule has 1 atom stereocenters. The molecule has 3 heterocycles. The van der Waals surface area contributed by atoms with Crippen LogP contribution in [-0.4, -0.2) is 34.7 Å². The number of H-pyrrole nitrogens is 1. The van der Waals surface area contributed by atoms with Gasteiger partial charge in [-0.1, -0.05) is 19.1 Å². The van der Waals surface area contributed by atoms with Gasteiger partial charge < -0.3 is 4.74 Å². The molecule has 1 aliphatic rings. The third-order valence-electron chi connectivity index (χ3n) is 5.31. The number of anilines is 1. The topological polar surface area (TPSA) is 71.1 Å². The van der Waals surface area contributed by atoms with Crippen LogP contribution in [0.15, 0.2) is 48.8 Å². The van der Waals surface area contributed by atoms with Crippen molar-refractivity contribution >= 4 is 11.7 Å². The highest BCUT2D eigenvalue weighted by Gasteiger charge is 2.33. The Balaban J connectivity index is 1.53. The van der Waals surface area contributed by atoms with Gasteiger partial charge in [0.15, 0.2) is 0 Å². The molecule has 1 amide bonds. The minimum atomic E-state index is -0.0208. The quantitative estimate of drug-likeness (QED) is 0.713. The molecule has 28 heavy (non-hydrogen) atoms. The zero-order valence-corrected chi connectivity index (χ0v) is 16.2. The first-order valence-electron chi connectivity index (χ1n) is 9.63. The number of ether oxygens (including phenoxy) is 1. The van der Waals surface area contributed by atoms with Gasteiger partial charge in [-0.25, -0.2) is 4.98 Å². The van der Waals surface area contributed by atoms with Crippen molar-refractivity contribution in [2.45, 2.75) is 26.2 Å². The lowest BCUT2D eigenvalue weighted by atomic mass is 9.98. The molecule has 1 aliphatic heterocycles. The summed E-state index contributed by atoms with van der Waals surface area (Å²) in [6.07, 6.45) is 6.01. The predicted octanol–water partition coefficient (Wildman–Crippen LogP) is 3.64. The Morgan fingerprint density at radius 3 is 2.93 bits per heavy atom. The molecule has 0 bridgehead atoms. The number of pyridine rings is 1. The zero-order chi connectivity index (χ0) is 19.5. The SMILES string of the molecule is CCc1nc(N2CCC(Cc3cccc(OC)c3)C2=O)ccc1-c1cn[nH]c1. The van der Waals surface area contributed by atoms with Crippen molar-refractivity contribution in [2.75, 3.05) is 18.6 Å². The Kier molecular flexibility index (Phi) is 5.10. The van der Waals surface area contributed by atoms with Gasteiger partial charge >= 0.3 is 0 Å². The number of benzene rings is 1. The lowest BCUT2D eigenvalue weighted by Crippen LogP contribution is -2.28. The van der Waals surface area contributed by atoms with E-state index in [0.717, 1.165) is 53.2 Å². The molecule has 0 aliphatic carbocycles. The normalized spacial score (nSPS) is 16.6. The number of aryl methyl sites for hydroxylation is 1. The van der Waals surface area contributed by atoms with Gasteiger partial charge in [-0.05, 0) is 49.1 Å². The van der Waals surface area contributed by atoms with E-state index in [4.69, 9.17) is 9.72 Å². The van der Waals surface area contributed by atoms with Gasteiger partial charge in [0.2, 0.25) is 5.91 Å². The molecular formula is C22H24N4O2. The number of methoxy groups -OCH3 is 1. The number of aromatic amines is 1. The number of aromatic nitrogens is 3. The van der Waals surface area contributed by atoms with Crippen molar-refractivity contribution in [3.05, 3.63) is 60.0 Å². The molecular weight excluding hydrogens is 352 g/mol. The first-order chi connectivity index (χ1) is 13.7. The van der Waals surface area contributed by atoms with E-state index < -0.39 is 0 Å². The van der Waals surface area contributed by atoms with Crippen molar-refractivity contribution in [1.29, 1.82) is 0 Å². The van der Waals surface area contributed by atoms with Gasteiger partial charge in [-0.15, -0.1) is 0 Å². The van der Waals surface area contributed by atoms with Crippen LogP contribution >= 0.6 is 0 Å². The van der Waals surface area contributed by atoms with Crippen molar-refractivity contribution in [3.8, 4) is 16.9 Å². The predicted molar refractivity (Wildman–Crippen MR) is 108 cm³/mol. The molecule has 0 radical (unpaired) electrons. The molecule has 2 aromatic heterocycles. The number of hydrogen-bond acceptors (Lipinski definition) is 4. The highest BCUT2D eigenvalue weighted by Crippen LogP contribution is 2.30. The van der Waals surface area contributed by atoms with Crippen molar-refractivity contribution in [3.63, 3.8) is 0 Å². The van der Waals surface area contributed by atoms with E-state index in [-0.39, 0.29) is 11.8 Å². The second-order valence-corrected chi connectivity index (χ2v) is 7.04. The van der Waals surface area contributed by atoms with Crippen LogP contribution in [0.25, 0.3) is 11.1 Å². The number of nitrogens with zero attached hydrogens (tertiary/aromatic N) is 3. The van der Waals surface area contributed by atoms with Crippen LogP contribution in [0.5, 0.6) is 5.75 Å². The molecule has 1 aromatic carbocycles. The van der Waals surface area contributed by atoms with Gasteiger partial charge in [0, 0.05) is 29.8 Å². The van der Waals surface area contributed by atoms with E-state index >= 15 is 0 Å². The summed E-state index contributed by atoms with van der Waals surface area (Å²) in [7, 11) is 1.66. The van der Waals surface area contributed by atoms with Gasteiger partial charge in [0.05, 0.1) is 19.0 Å². The molecule has 3 aromatic rings. The molecule has 1 fully saturated rings. The summed E-state index contributed by atoms with van der Waals surface area (Å²) in [6, 6.07) is 11.9. The minimum Gasteiger partial charge on any atom is -0.497 e. The lowest BCUT2D eigenvalue weighted by Gasteiger charge is -2.18. The van der Waals surface area contributed by atoms with E-state index in [0.29, 0.717) is 6.54 Å². The standard InChI is InChI=1S/C22H24N4O2/c1-3-20-19(17-13-23-24-14-17)7-8-21(25-20)26-10-9-16(22(26)27)11-15-5-4-6-18(12-15)28-2/h4-8,12-14,16H,3,9-11H2,1-2H3,(H,23,24). The fourth-order valence-corrected chi connectivity index (χ4v) is 3.81. The summed E-state index contributed by atoms with van der Waals surface area (Å²) < 4.78 is 5.29. The van der Waals surface area contributed by atoms with Gasteiger partial charge in [-0.2, -0.15) is 5.10 Å². The Morgan fingerprint density at radius 2 is 2.18 bits per heavy atom. The maximum Gasteiger partial charge on any atom is 0.231 e. The van der Waals surface area contributed by atoms with E-state index in [1.54, 1.807) is 13.3 Å². The molecule has 0 spiro atoms.